The van der Waals surface area contributed by atoms with Gasteiger partial charge in [-0.2, -0.15) is 0 Å². The molecule has 0 saturated carbocycles. The summed E-state index contributed by atoms with van der Waals surface area (Å²) in [7, 11) is 1.42. The Morgan fingerprint density at radius 2 is 1.81 bits per heavy atom. The zero-order valence-electron chi connectivity index (χ0n) is 21.8. The molecule has 4 atom stereocenters. The highest BCUT2D eigenvalue weighted by atomic mass is 16.6. The summed E-state index contributed by atoms with van der Waals surface area (Å²) in [6.45, 7) is 6.84. The van der Waals surface area contributed by atoms with Gasteiger partial charge in [0.15, 0.2) is 6.10 Å². The fourth-order valence-corrected chi connectivity index (χ4v) is 4.11. The molecule has 2 aliphatic rings. The number of Topliss-reactive ketones (excluding diaryl/α,β-unsaturated/α-hetero) is 2. The average molecular weight is 514 g/mol. The van der Waals surface area contributed by atoms with Crippen LogP contribution < -0.4 is 16.8 Å². The minimum Gasteiger partial charge on any atom is -0.439 e. The van der Waals surface area contributed by atoms with E-state index in [1.807, 2.05) is 6.92 Å². The highest BCUT2D eigenvalue weighted by Crippen LogP contribution is 2.26. The van der Waals surface area contributed by atoms with E-state index in [-0.39, 0.29) is 47.1 Å². The first-order chi connectivity index (χ1) is 17.3. The van der Waals surface area contributed by atoms with Crippen LogP contribution in [0.25, 0.3) is 0 Å². The summed E-state index contributed by atoms with van der Waals surface area (Å²) in [5.74, 6) is -2.35. The number of fused-ring (bicyclic) bond motifs is 2. The van der Waals surface area contributed by atoms with Crippen LogP contribution >= 0.6 is 0 Å². The lowest BCUT2D eigenvalue weighted by molar-refractivity contribution is -0.121. The lowest BCUT2D eigenvalue weighted by atomic mass is 9.87. The molecule has 1 aliphatic carbocycles. The van der Waals surface area contributed by atoms with Gasteiger partial charge >= 0.3 is 6.09 Å². The number of nitrogens with two attached hydrogens (primary N) is 2. The number of hydrogen-bond donors (Lipinski definition) is 3. The fraction of sp³-hybridized carbons (Fsp3) is 0.444. The van der Waals surface area contributed by atoms with Gasteiger partial charge in [0.1, 0.15) is 11.9 Å². The third-order valence-electron chi connectivity index (χ3n) is 6.36. The van der Waals surface area contributed by atoms with Gasteiger partial charge in [0.2, 0.25) is 11.6 Å². The van der Waals surface area contributed by atoms with Crippen LogP contribution in [-0.4, -0.2) is 48.7 Å². The number of primary amides is 1. The second-order valence-corrected chi connectivity index (χ2v) is 9.40. The molecule has 0 unspecified atom stereocenters. The van der Waals surface area contributed by atoms with E-state index in [4.69, 9.17) is 20.9 Å². The van der Waals surface area contributed by atoms with Crippen molar-refractivity contribution < 1.29 is 33.4 Å². The monoisotopic (exact) mass is 513 g/mol. The van der Waals surface area contributed by atoms with E-state index in [2.05, 4.69) is 5.32 Å². The first-order valence-corrected chi connectivity index (χ1v) is 12.0. The van der Waals surface area contributed by atoms with E-state index in [1.165, 1.54) is 26.2 Å². The number of ether oxygens (including phenoxy) is 2. The van der Waals surface area contributed by atoms with Crippen molar-refractivity contribution in [2.45, 2.75) is 59.2 Å². The van der Waals surface area contributed by atoms with Crippen molar-refractivity contribution in [1.29, 1.82) is 0 Å². The molecule has 0 fully saturated rings. The molecular weight excluding hydrogens is 478 g/mol. The Morgan fingerprint density at radius 3 is 2.43 bits per heavy atom. The largest absolute Gasteiger partial charge is 0.439 e. The molecule has 0 radical (unpaired) electrons. The molecule has 5 N–H and O–H groups in total. The third-order valence-corrected chi connectivity index (χ3v) is 6.36. The van der Waals surface area contributed by atoms with E-state index < -0.39 is 41.7 Å². The quantitative estimate of drug-likeness (QED) is 0.373. The SMILES string of the molecule is CO[C@H]1/C=C\C=C(/C)C(=O)NC2=CC(=O)C(N)=C(C[C@@H](C)CCC(=O)[C@@H](C)/C=C(\C)[C@@H]1OC(N)=O)C2=O. The van der Waals surface area contributed by atoms with Crippen molar-refractivity contribution >= 4 is 29.4 Å². The minimum absolute atomic E-state index is 0.0501. The van der Waals surface area contributed by atoms with Gasteiger partial charge in [0.25, 0.3) is 5.91 Å². The van der Waals surface area contributed by atoms with E-state index in [1.54, 1.807) is 26.0 Å². The lowest BCUT2D eigenvalue weighted by Gasteiger charge is -2.24. The minimum atomic E-state index is -1.00. The van der Waals surface area contributed by atoms with Crippen molar-refractivity contribution in [2.75, 3.05) is 7.11 Å². The summed E-state index contributed by atoms with van der Waals surface area (Å²) in [6.07, 6.45) is 5.47. The average Bonchev–Trinajstić information content (AvgIpc) is 2.84. The van der Waals surface area contributed by atoms with Crippen LogP contribution in [0.3, 0.4) is 0 Å². The molecule has 0 saturated heterocycles. The molecule has 10 nitrogen and oxygen atoms in total. The van der Waals surface area contributed by atoms with Crippen molar-refractivity contribution in [3.63, 3.8) is 0 Å². The molecule has 0 aromatic carbocycles. The van der Waals surface area contributed by atoms with Gasteiger partial charge in [-0.1, -0.05) is 38.2 Å². The van der Waals surface area contributed by atoms with Crippen molar-refractivity contribution in [3.8, 4) is 0 Å². The fourth-order valence-electron chi connectivity index (χ4n) is 4.11. The number of carbonyl (C=O) groups excluding carboxylic acids is 5. The maximum atomic E-state index is 13.0. The number of rotatable bonds is 2. The lowest BCUT2D eigenvalue weighted by Crippen LogP contribution is -2.35. The second-order valence-electron chi connectivity index (χ2n) is 9.40. The summed E-state index contributed by atoms with van der Waals surface area (Å²) in [5, 5.41) is 2.49. The Hall–Kier alpha value is -3.79. The Kier molecular flexibility index (Phi) is 10.3. The second kappa shape index (κ2) is 13.0. The molecule has 200 valence electrons. The summed E-state index contributed by atoms with van der Waals surface area (Å²) in [4.78, 5) is 62.6. The van der Waals surface area contributed by atoms with Crippen LogP contribution in [0.4, 0.5) is 4.79 Å². The number of allylic oxidation sites excluding steroid dienone is 5. The Bertz CT molecular complexity index is 1130. The van der Waals surface area contributed by atoms with Gasteiger partial charge in [-0.15, -0.1) is 0 Å². The molecule has 0 aromatic heterocycles. The number of nitrogens with one attached hydrogen (secondary N) is 1. The van der Waals surface area contributed by atoms with Crippen LogP contribution in [0.2, 0.25) is 0 Å². The van der Waals surface area contributed by atoms with E-state index in [9.17, 15) is 24.0 Å². The zero-order chi connectivity index (χ0) is 27.9. The topological polar surface area (TPSA) is 168 Å². The smallest absolute Gasteiger partial charge is 0.405 e. The predicted octanol–water partition coefficient (Wildman–Crippen LogP) is 2.30. The molecule has 10 heteroatoms. The maximum Gasteiger partial charge on any atom is 0.405 e. The van der Waals surface area contributed by atoms with E-state index in [0.717, 1.165) is 6.08 Å². The van der Waals surface area contributed by atoms with Gasteiger partial charge in [-0.3, -0.25) is 19.2 Å². The van der Waals surface area contributed by atoms with E-state index in [0.29, 0.717) is 12.0 Å². The summed E-state index contributed by atoms with van der Waals surface area (Å²) < 4.78 is 10.8. The number of methoxy groups -OCH3 is 1. The molecule has 1 aliphatic heterocycles. The first-order valence-electron chi connectivity index (χ1n) is 12.0. The number of ketones is 3. The van der Waals surface area contributed by atoms with Crippen LogP contribution in [-0.2, 0) is 28.7 Å². The highest BCUT2D eigenvalue weighted by molar-refractivity contribution is 6.23. The highest BCUT2D eigenvalue weighted by Gasteiger charge is 2.30. The number of carbonyl (C=O) groups is 5. The van der Waals surface area contributed by atoms with Crippen LogP contribution in [0.15, 0.2) is 58.5 Å². The number of hydrogen-bond acceptors (Lipinski definition) is 8. The normalized spacial score (nSPS) is 30.5. The maximum absolute atomic E-state index is 13.0. The first kappa shape index (κ1) is 29.4. The molecule has 37 heavy (non-hydrogen) atoms. The summed E-state index contributed by atoms with van der Waals surface area (Å²) in [6, 6.07) is 0. The van der Waals surface area contributed by atoms with Gasteiger partial charge in [-0.05, 0) is 38.2 Å². The Labute approximate surface area is 216 Å². The van der Waals surface area contributed by atoms with Gasteiger partial charge < -0.3 is 26.3 Å². The molecule has 1 heterocycles. The molecule has 2 amide bonds. The Morgan fingerprint density at radius 1 is 1.14 bits per heavy atom. The third kappa shape index (κ3) is 7.85. The zero-order valence-corrected chi connectivity index (χ0v) is 21.8. The van der Waals surface area contributed by atoms with Crippen molar-refractivity contribution in [1.82, 2.24) is 5.32 Å². The molecule has 2 rings (SSSR count). The molecule has 2 bridgehead atoms. The standard InChI is InChI=1S/C27H35N3O7/c1-14-9-10-20(31)16(3)12-17(4)25(37-27(29)35)22(36-5)8-6-7-15(2)26(34)30-19-13-21(32)23(28)18(11-14)24(19)33/h6-8,12-14,16,22,25H,9-11,28H2,1-5H3,(H2,29,35)(H,30,34)/b8-6-,15-7+,17-12+/t14-,16-,22-,25-/m0/s1. The van der Waals surface area contributed by atoms with Crippen molar-refractivity contribution in [2.24, 2.45) is 23.3 Å². The van der Waals surface area contributed by atoms with E-state index >= 15 is 0 Å². The predicted molar refractivity (Wildman–Crippen MR) is 137 cm³/mol. The summed E-state index contributed by atoms with van der Waals surface area (Å²) >= 11 is 0. The van der Waals surface area contributed by atoms with Crippen molar-refractivity contribution in [3.05, 3.63) is 58.5 Å². The molecular formula is C27H35N3O7. The van der Waals surface area contributed by atoms with Crippen LogP contribution in [0.1, 0.15) is 47.0 Å². The molecule has 0 spiro atoms. The van der Waals surface area contributed by atoms with Gasteiger partial charge in [0.05, 0.1) is 11.4 Å². The van der Waals surface area contributed by atoms with Gasteiger partial charge in [-0.25, -0.2) is 4.79 Å². The summed E-state index contributed by atoms with van der Waals surface area (Å²) in [5.41, 5.74) is 11.8. The molecule has 0 aromatic rings. The van der Waals surface area contributed by atoms with Crippen LogP contribution in [0, 0.1) is 11.8 Å². The Balaban J connectivity index is 2.50. The van der Waals surface area contributed by atoms with Gasteiger partial charge in [0, 0.05) is 36.7 Å². The number of amides is 2. The van der Waals surface area contributed by atoms with Crippen LogP contribution in [0.5, 0.6) is 0 Å².